The predicted octanol–water partition coefficient (Wildman–Crippen LogP) is 37.6. The Balaban J connectivity index is 0.000000146. The third-order valence-electron chi connectivity index (χ3n) is 27.2. The third kappa shape index (κ3) is 14.4. The summed E-state index contributed by atoms with van der Waals surface area (Å²) in [5.41, 5.74) is 23.2. The van der Waals surface area contributed by atoms with Crippen LogP contribution >= 0.6 is 22.7 Å². The predicted molar refractivity (Wildman–Crippen MR) is 577 cm³/mol. The first kappa shape index (κ1) is 81.1. The minimum Gasteiger partial charge on any atom is -0.310 e. The number of fused-ring (bicyclic) bond motifs is 22. The van der Waals surface area contributed by atoms with Gasteiger partial charge >= 0.3 is 0 Å². The molecule has 0 saturated carbocycles. The van der Waals surface area contributed by atoms with E-state index in [0.717, 1.165) is 134 Å². The number of para-hydroxylation sites is 4. The molecule has 0 saturated heterocycles. The monoisotopic (exact) mass is 1780 g/mol. The van der Waals surface area contributed by atoms with Crippen LogP contribution in [0.2, 0.25) is 0 Å². The molecule has 0 aliphatic heterocycles. The van der Waals surface area contributed by atoms with Crippen molar-refractivity contribution in [2.45, 2.75) is 12.8 Å². The van der Waals surface area contributed by atoms with Gasteiger partial charge in [0.1, 0.15) is 0 Å². The average molecular weight is 1780 g/mol. The number of hydrogen-bond acceptors (Lipinski definition) is 6. The number of nitrogens with zero attached hydrogens (tertiary/aromatic N) is 4. The maximum absolute atomic E-state index is 17.6. The van der Waals surface area contributed by atoms with E-state index in [1.807, 2.05) is 198 Å². The lowest BCUT2D eigenvalue weighted by molar-refractivity contribution is 0.632. The quantitative estimate of drug-likeness (QED) is 0.0894. The molecule has 4 nitrogen and oxygen atoms in total. The number of benzene rings is 23. The van der Waals surface area contributed by atoms with E-state index in [4.69, 9.17) is 0 Å². The molecule has 0 radical (unpaired) electrons. The fourth-order valence-electron chi connectivity index (χ4n) is 20.8. The molecule has 0 fully saturated rings. The van der Waals surface area contributed by atoms with Gasteiger partial charge in [-0.2, -0.15) is 0 Å². The molecule has 0 spiro atoms. The Kier molecular flexibility index (Phi) is 20.5. The van der Waals surface area contributed by atoms with Crippen molar-refractivity contribution in [3.63, 3.8) is 0 Å². The Morgan fingerprint density at radius 1 is 0.176 bits per heavy atom. The van der Waals surface area contributed by atoms with Crippen LogP contribution in [-0.4, -0.2) is 0 Å². The van der Waals surface area contributed by atoms with Crippen LogP contribution in [0.15, 0.2) is 485 Å². The zero-order valence-electron chi connectivity index (χ0n) is 74.0. The van der Waals surface area contributed by atoms with Gasteiger partial charge in [0.2, 0.25) is 0 Å². The van der Waals surface area contributed by atoms with Crippen molar-refractivity contribution < 1.29 is 8.78 Å². The highest BCUT2D eigenvalue weighted by molar-refractivity contribution is 7.27. The van der Waals surface area contributed by atoms with E-state index in [9.17, 15) is 0 Å². The van der Waals surface area contributed by atoms with Crippen molar-refractivity contribution >= 4 is 196 Å². The average Bonchev–Trinajstić information content (AvgIpc) is 1.15. The molecule has 1 aliphatic carbocycles. The summed E-state index contributed by atoms with van der Waals surface area (Å²) in [6.45, 7) is 0. The van der Waals surface area contributed by atoms with Crippen molar-refractivity contribution in [2.24, 2.45) is 0 Å². The van der Waals surface area contributed by atoms with Gasteiger partial charge in [-0.15, -0.1) is 22.7 Å². The zero-order valence-corrected chi connectivity index (χ0v) is 75.6. The summed E-state index contributed by atoms with van der Waals surface area (Å²) in [5, 5.41) is 19.4. The number of thiophene rings is 2. The van der Waals surface area contributed by atoms with Crippen molar-refractivity contribution in [3.05, 3.63) is 508 Å². The second kappa shape index (κ2) is 34.4. The van der Waals surface area contributed by atoms with Gasteiger partial charge in [0, 0.05) is 119 Å². The summed E-state index contributed by atoms with van der Waals surface area (Å²) in [4.78, 5) is 8.94. The molecule has 0 bridgehead atoms. The zero-order chi connectivity index (χ0) is 90.3. The maximum atomic E-state index is 17.6. The van der Waals surface area contributed by atoms with Gasteiger partial charge in [-0.3, -0.25) is 0 Å². The van der Waals surface area contributed by atoms with Gasteiger partial charge in [0.25, 0.3) is 0 Å². The Bertz CT molecular complexity index is 8950. The van der Waals surface area contributed by atoms with Crippen molar-refractivity contribution in [3.8, 4) is 55.6 Å². The number of anilines is 12. The standard InChI is InChI=1S/C68H44F2N2S.C60H40N2S/c69-66-59(47-25-11-3-12-26-47)39-49(45-21-7-1-8-22-45)41-62(66)71(51-29-15-5-16-30-51)53-35-37-57-61(43-53)55-33-19-20-34-56(55)65-58-38-36-54(44-64(58)73-68(57)65)72(52-31-17-6-18-32-52)63-42-50(46-23-9-2-10-24-46)40-60(67(63)70)48-27-13-4-14-28-48;1-3-15-43(16-4-1)61(45-29-27-41-25-23-39-13-7-9-19-49(39)55(41)35-45)47-31-33-53-57(37-47)51-21-11-12-22-52(51)59-54-34-32-48(38-58(54)63-60(53)59)62(44-17-5-2-6-18-44)46-30-28-42-26-24-40-14-8-10-20-50(40)56(42)36-46/h1-44H;1-23,25,27-38H,24,26H2. The van der Waals surface area contributed by atoms with Crippen LogP contribution in [0, 0.1) is 11.6 Å². The molecule has 0 N–H and O–H groups in total. The lowest BCUT2D eigenvalue weighted by Crippen LogP contribution is -2.12. The van der Waals surface area contributed by atoms with Gasteiger partial charge < -0.3 is 19.6 Å². The fourth-order valence-corrected chi connectivity index (χ4v) is 23.4. The second-order valence-corrected chi connectivity index (χ2v) is 37.2. The highest BCUT2D eigenvalue weighted by Crippen LogP contribution is 2.54. The van der Waals surface area contributed by atoms with Gasteiger partial charge in [0.05, 0.1) is 11.4 Å². The largest absolute Gasteiger partial charge is 0.310 e. The highest BCUT2D eigenvalue weighted by atomic mass is 32.1. The molecule has 8 heteroatoms. The Labute approximate surface area is 794 Å². The lowest BCUT2D eigenvalue weighted by Gasteiger charge is -2.28. The molecule has 26 rings (SSSR count). The van der Waals surface area contributed by atoms with Crippen molar-refractivity contribution in [1.82, 2.24) is 0 Å². The first-order chi connectivity index (χ1) is 67.3. The summed E-state index contributed by atoms with van der Waals surface area (Å²) >= 11 is 3.66. The summed E-state index contributed by atoms with van der Waals surface area (Å²) in [6.07, 6.45) is 2.16. The molecular weight excluding hydrogens is 1700 g/mol. The minimum atomic E-state index is -0.303. The highest BCUT2D eigenvalue weighted by Gasteiger charge is 2.29. The van der Waals surface area contributed by atoms with E-state index < -0.39 is 0 Å². The number of halogens is 2. The van der Waals surface area contributed by atoms with Crippen LogP contribution in [0.25, 0.3) is 161 Å². The van der Waals surface area contributed by atoms with Crippen molar-refractivity contribution in [1.29, 1.82) is 0 Å². The van der Waals surface area contributed by atoms with Gasteiger partial charge in [-0.25, -0.2) is 8.78 Å². The molecule has 1 aliphatic rings. The summed E-state index contributed by atoms with van der Waals surface area (Å²) in [5.74, 6) is -0.602. The topological polar surface area (TPSA) is 13.0 Å². The first-order valence-corrected chi connectivity index (χ1v) is 48.0. The van der Waals surface area contributed by atoms with Crippen molar-refractivity contribution in [2.75, 3.05) is 19.6 Å². The number of aryl methyl sites for hydroxylation is 2. The second-order valence-electron chi connectivity index (χ2n) is 35.1. The number of rotatable bonds is 16. The molecule has 136 heavy (non-hydrogen) atoms. The smallest absolute Gasteiger partial charge is 0.155 e. The lowest BCUT2D eigenvalue weighted by atomic mass is 9.85. The maximum Gasteiger partial charge on any atom is 0.155 e. The molecule has 0 unspecified atom stereocenters. The van der Waals surface area contributed by atoms with E-state index in [1.165, 1.54) is 96.6 Å². The Morgan fingerprint density at radius 3 is 0.956 bits per heavy atom. The fraction of sp³-hybridized carbons (Fsp3) is 0.0156. The molecular formula is C128H84F2N4S2. The molecule has 2 heterocycles. The number of hydrogen-bond donors (Lipinski definition) is 0. The van der Waals surface area contributed by atoms with Gasteiger partial charge in [-0.1, -0.05) is 340 Å². The summed E-state index contributed by atoms with van der Waals surface area (Å²) in [6, 6.07) is 170. The first-order valence-electron chi connectivity index (χ1n) is 46.3. The SMILES string of the molecule is Fc1c(-c2ccccc2)cc(-c2ccccc2)cc1N(c1ccccc1)c1ccc2c(c1)sc1c3ccc(N(c4ccccc4)c4cc(-c5ccccc5)cc(-c5ccccc5)c4F)cc3c3ccccc3c21.c1ccc(N(c2ccc3c(c2)-c2ccccc2CC3)c2ccc3c(c2)sc2c4ccc(N(c5ccccc5)c5ccc6ccc7ccccc7c6c5)cc4c4ccccc4c32)cc1. The third-order valence-corrected chi connectivity index (χ3v) is 29.6. The van der Waals surface area contributed by atoms with Crippen LogP contribution in [0.5, 0.6) is 0 Å². The van der Waals surface area contributed by atoms with Crippen LogP contribution in [0.4, 0.5) is 77.0 Å². The van der Waals surface area contributed by atoms with E-state index in [0.29, 0.717) is 22.5 Å². The molecule has 642 valence electrons. The van der Waals surface area contributed by atoms with Gasteiger partial charge in [0.15, 0.2) is 11.6 Å². The van der Waals surface area contributed by atoms with E-state index in [1.54, 1.807) is 11.3 Å². The molecule has 23 aromatic carbocycles. The normalized spacial score (nSPS) is 11.8. The van der Waals surface area contributed by atoms with E-state index in [2.05, 4.69) is 318 Å². The minimum absolute atomic E-state index is 0.300. The van der Waals surface area contributed by atoms with E-state index in [-0.39, 0.29) is 11.6 Å². The summed E-state index contributed by atoms with van der Waals surface area (Å²) < 4.78 is 40.0. The van der Waals surface area contributed by atoms with Gasteiger partial charge in [-0.05, 0) is 268 Å². The Morgan fingerprint density at radius 2 is 0.493 bits per heavy atom. The molecule has 25 aromatic rings. The van der Waals surface area contributed by atoms with E-state index >= 15 is 8.78 Å². The Hall–Kier alpha value is -16.9. The summed E-state index contributed by atoms with van der Waals surface area (Å²) in [7, 11) is 0. The molecule has 0 atom stereocenters. The molecule has 0 amide bonds. The van der Waals surface area contributed by atoms with Crippen LogP contribution in [0.3, 0.4) is 0 Å². The van der Waals surface area contributed by atoms with Crippen LogP contribution in [-0.2, 0) is 12.8 Å². The van der Waals surface area contributed by atoms with Crippen LogP contribution in [0.1, 0.15) is 11.1 Å². The molecule has 2 aromatic heterocycles. The van der Waals surface area contributed by atoms with Crippen LogP contribution < -0.4 is 19.6 Å².